The van der Waals surface area contributed by atoms with Gasteiger partial charge in [0.05, 0.1) is 11.8 Å². The molecule has 0 aliphatic heterocycles. The molecule has 2 rings (SSSR count). The molecule has 1 aromatic carbocycles. The SMILES string of the molecule is CC(C)Oc1ccccc1NC(=S)NC(=O)C1CCCCC1. The van der Waals surface area contributed by atoms with Crippen LogP contribution in [0.15, 0.2) is 24.3 Å². The third-order valence-electron chi connectivity index (χ3n) is 3.71. The van der Waals surface area contributed by atoms with Gasteiger partial charge in [0.25, 0.3) is 0 Å². The van der Waals surface area contributed by atoms with Crippen LogP contribution in [-0.4, -0.2) is 17.1 Å². The zero-order valence-corrected chi connectivity index (χ0v) is 14.0. The highest BCUT2D eigenvalue weighted by Gasteiger charge is 2.21. The molecule has 1 amide bonds. The molecule has 5 heteroatoms. The maximum Gasteiger partial charge on any atom is 0.229 e. The third-order valence-corrected chi connectivity index (χ3v) is 3.91. The molecule has 120 valence electrons. The minimum Gasteiger partial charge on any atom is -0.489 e. The van der Waals surface area contributed by atoms with Gasteiger partial charge < -0.3 is 15.4 Å². The van der Waals surface area contributed by atoms with Crippen LogP contribution in [0.4, 0.5) is 5.69 Å². The third kappa shape index (κ3) is 4.98. The highest BCUT2D eigenvalue weighted by molar-refractivity contribution is 7.80. The van der Waals surface area contributed by atoms with E-state index in [9.17, 15) is 4.79 Å². The Morgan fingerprint density at radius 1 is 1.23 bits per heavy atom. The van der Waals surface area contributed by atoms with Gasteiger partial charge in [-0.15, -0.1) is 0 Å². The molecular formula is C17H24N2O2S. The molecule has 0 radical (unpaired) electrons. The van der Waals surface area contributed by atoms with Gasteiger partial charge in [0.2, 0.25) is 5.91 Å². The summed E-state index contributed by atoms with van der Waals surface area (Å²) in [6.45, 7) is 3.94. The molecule has 0 spiro atoms. The first-order valence-electron chi connectivity index (χ1n) is 7.94. The van der Waals surface area contributed by atoms with E-state index in [1.54, 1.807) is 0 Å². The van der Waals surface area contributed by atoms with Crippen LogP contribution in [-0.2, 0) is 4.79 Å². The van der Waals surface area contributed by atoms with Gasteiger partial charge >= 0.3 is 0 Å². The van der Waals surface area contributed by atoms with Gasteiger partial charge in [0, 0.05) is 5.92 Å². The van der Waals surface area contributed by atoms with Gasteiger partial charge in [-0.05, 0) is 51.0 Å². The topological polar surface area (TPSA) is 50.4 Å². The number of benzene rings is 1. The summed E-state index contributed by atoms with van der Waals surface area (Å²) < 4.78 is 5.73. The molecule has 0 saturated heterocycles. The van der Waals surface area contributed by atoms with E-state index in [0.29, 0.717) is 5.11 Å². The summed E-state index contributed by atoms with van der Waals surface area (Å²) in [6, 6.07) is 7.58. The number of rotatable bonds is 4. The van der Waals surface area contributed by atoms with Crippen LogP contribution in [0.25, 0.3) is 0 Å². The van der Waals surface area contributed by atoms with Crippen molar-refractivity contribution in [2.24, 2.45) is 5.92 Å². The highest BCUT2D eigenvalue weighted by Crippen LogP contribution is 2.25. The number of hydrogen-bond donors (Lipinski definition) is 2. The average molecular weight is 320 g/mol. The van der Waals surface area contributed by atoms with Gasteiger partial charge in [0.1, 0.15) is 5.75 Å². The zero-order chi connectivity index (χ0) is 15.9. The molecule has 1 aromatic rings. The van der Waals surface area contributed by atoms with E-state index in [1.165, 1.54) is 6.42 Å². The van der Waals surface area contributed by atoms with Crippen molar-refractivity contribution >= 4 is 28.9 Å². The van der Waals surface area contributed by atoms with E-state index in [0.717, 1.165) is 37.1 Å². The second-order valence-electron chi connectivity index (χ2n) is 5.94. The molecule has 1 aliphatic carbocycles. The highest BCUT2D eigenvalue weighted by atomic mass is 32.1. The zero-order valence-electron chi connectivity index (χ0n) is 13.2. The smallest absolute Gasteiger partial charge is 0.229 e. The molecule has 0 unspecified atom stereocenters. The Balaban J connectivity index is 1.92. The lowest BCUT2D eigenvalue weighted by Crippen LogP contribution is -2.39. The Labute approximate surface area is 137 Å². The average Bonchev–Trinajstić information content (AvgIpc) is 2.49. The van der Waals surface area contributed by atoms with Crippen molar-refractivity contribution in [2.45, 2.75) is 52.1 Å². The largest absolute Gasteiger partial charge is 0.489 e. The summed E-state index contributed by atoms with van der Waals surface area (Å²) in [4.78, 5) is 12.2. The van der Waals surface area contributed by atoms with Crippen LogP contribution >= 0.6 is 12.2 Å². The fourth-order valence-corrected chi connectivity index (χ4v) is 2.87. The van der Waals surface area contributed by atoms with Gasteiger partial charge in [-0.2, -0.15) is 0 Å². The van der Waals surface area contributed by atoms with Gasteiger partial charge in [-0.3, -0.25) is 4.79 Å². The van der Waals surface area contributed by atoms with E-state index in [1.807, 2.05) is 38.1 Å². The Kier molecular flexibility index (Phi) is 6.19. The summed E-state index contributed by atoms with van der Waals surface area (Å²) >= 11 is 5.26. The number of carbonyl (C=O) groups is 1. The predicted molar refractivity (Wildman–Crippen MR) is 93.1 cm³/mol. The Bertz CT molecular complexity index is 525. The minimum absolute atomic E-state index is 0.0273. The normalized spacial score (nSPS) is 15.4. The Hall–Kier alpha value is -1.62. The fraction of sp³-hybridized carbons (Fsp3) is 0.529. The van der Waals surface area contributed by atoms with E-state index >= 15 is 0 Å². The van der Waals surface area contributed by atoms with E-state index in [4.69, 9.17) is 17.0 Å². The molecule has 1 saturated carbocycles. The summed E-state index contributed by atoms with van der Waals surface area (Å²) in [5.41, 5.74) is 0.769. The quantitative estimate of drug-likeness (QED) is 0.827. The van der Waals surface area contributed by atoms with Gasteiger partial charge in [-0.25, -0.2) is 0 Å². The first kappa shape index (κ1) is 16.7. The lowest BCUT2D eigenvalue weighted by molar-refractivity contribution is -0.124. The summed E-state index contributed by atoms with van der Waals surface area (Å²) in [7, 11) is 0. The van der Waals surface area contributed by atoms with Crippen molar-refractivity contribution in [3.8, 4) is 5.75 Å². The molecular weight excluding hydrogens is 296 g/mol. The second kappa shape index (κ2) is 8.13. The molecule has 0 aromatic heterocycles. The molecule has 2 N–H and O–H groups in total. The molecule has 0 atom stereocenters. The molecule has 1 aliphatic rings. The number of anilines is 1. The molecule has 0 bridgehead atoms. The number of carbonyl (C=O) groups excluding carboxylic acids is 1. The number of thiocarbonyl (C=S) groups is 1. The molecule has 0 heterocycles. The maximum atomic E-state index is 12.2. The summed E-state index contributed by atoms with van der Waals surface area (Å²) in [5.74, 6) is 0.849. The van der Waals surface area contributed by atoms with Crippen molar-refractivity contribution in [2.75, 3.05) is 5.32 Å². The Morgan fingerprint density at radius 2 is 1.91 bits per heavy atom. The lowest BCUT2D eigenvalue weighted by atomic mass is 9.89. The van der Waals surface area contributed by atoms with Gasteiger partial charge in [0.15, 0.2) is 5.11 Å². The summed E-state index contributed by atoms with van der Waals surface area (Å²) in [5, 5.41) is 6.19. The van der Waals surface area contributed by atoms with E-state index in [2.05, 4.69) is 10.6 Å². The molecule has 1 fully saturated rings. The number of amides is 1. The first-order chi connectivity index (χ1) is 10.6. The predicted octanol–water partition coefficient (Wildman–Crippen LogP) is 3.87. The van der Waals surface area contributed by atoms with Crippen LogP contribution in [0.3, 0.4) is 0 Å². The number of para-hydroxylation sites is 2. The van der Waals surface area contributed by atoms with Crippen molar-refractivity contribution in [1.82, 2.24) is 5.32 Å². The van der Waals surface area contributed by atoms with Crippen LogP contribution in [0.2, 0.25) is 0 Å². The van der Waals surface area contributed by atoms with Crippen LogP contribution < -0.4 is 15.4 Å². The van der Waals surface area contributed by atoms with Crippen molar-refractivity contribution < 1.29 is 9.53 Å². The van der Waals surface area contributed by atoms with Crippen molar-refractivity contribution in [1.29, 1.82) is 0 Å². The van der Waals surface area contributed by atoms with E-state index in [-0.39, 0.29) is 17.9 Å². The Morgan fingerprint density at radius 3 is 2.59 bits per heavy atom. The second-order valence-corrected chi connectivity index (χ2v) is 6.35. The molecule has 22 heavy (non-hydrogen) atoms. The minimum atomic E-state index is 0.0273. The van der Waals surface area contributed by atoms with Gasteiger partial charge in [-0.1, -0.05) is 31.4 Å². The van der Waals surface area contributed by atoms with Crippen molar-refractivity contribution in [3.63, 3.8) is 0 Å². The van der Waals surface area contributed by atoms with Crippen LogP contribution in [0, 0.1) is 5.92 Å². The molecule has 4 nitrogen and oxygen atoms in total. The number of ether oxygens (including phenoxy) is 1. The fourth-order valence-electron chi connectivity index (χ4n) is 2.66. The standard InChI is InChI=1S/C17H24N2O2S/c1-12(2)21-15-11-7-6-10-14(15)18-17(22)19-16(20)13-8-4-3-5-9-13/h6-7,10-13H,3-5,8-9H2,1-2H3,(H2,18,19,20,22). The van der Waals surface area contributed by atoms with Crippen molar-refractivity contribution in [3.05, 3.63) is 24.3 Å². The number of nitrogens with one attached hydrogen (secondary N) is 2. The van der Waals surface area contributed by atoms with Crippen LogP contribution in [0.5, 0.6) is 5.75 Å². The maximum absolute atomic E-state index is 12.2. The van der Waals surface area contributed by atoms with Crippen LogP contribution in [0.1, 0.15) is 46.0 Å². The lowest BCUT2D eigenvalue weighted by Gasteiger charge is -2.21. The summed E-state index contributed by atoms with van der Waals surface area (Å²) in [6.07, 6.45) is 5.48. The number of hydrogen-bond acceptors (Lipinski definition) is 3. The monoisotopic (exact) mass is 320 g/mol. The first-order valence-corrected chi connectivity index (χ1v) is 8.34. The van der Waals surface area contributed by atoms with E-state index < -0.39 is 0 Å².